The maximum Gasteiger partial charge on any atom is 0.436 e. The third-order valence-electron chi connectivity index (χ3n) is 5.49. The van der Waals surface area contributed by atoms with Gasteiger partial charge in [0.05, 0.1) is 27.2 Å². The molecule has 0 radical (unpaired) electrons. The number of amides is 2. The van der Waals surface area contributed by atoms with E-state index in [2.05, 4.69) is 26.3 Å². The van der Waals surface area contributed by atoms with E-state index in [1.165, 1.54) is 11.8 Å². The molecule has 1 unspecified atom stereocenters. The summed E-state index contributed by atoms with van der Waals surface area (Å²) in [5.41, 5.74) is -0.367. The van der Waals surface area contributed by atoms with Gasteiger partial charge >= 0.3 is 12.1 Å². The van der Waals surface area contributed by atoms with Gasteiger partial charge in [-0.15, -0.1) is 11.3 Å². The number of halogens is 4. The highest BCUT2D eigenvalue weighted by Crippen LogP contribution is 2.48. The van der Waals surface area contributed by atoms with Gasteiger partial charge in [-0.1, -0.05) is 6.92 Å². The molecule has 0 spiro atoms. The average molecular weight is 579 g/mol. The number of nitrogens with one attached hydrogen (secondary N) is 1. The van der Waals surface area contributed by atoms with Gasteiger partial charge in [-0.2, -0.15) is 18.3 Å². The van der Waals surface area contributed by atoms with Crippen molar-refractivity contribution in [2.45, 2.75) is 58.2 Å². The van der Waals surface area contributed by atoms with E-state index < -0.39 is 29.8 Å². The minimum Gasteiger partial charge on any atom is -0.462 e. The molecule has 0 saturated heterocycles. The number of rotatable bonds is 8. The summed E-state index contributed by atoms with van der Waals surface area (Å²) >= 11 is 3.94. The zero-order chi connectivity index (χ0) is 26.2. The number of carbonyl (C=O) groups excluding carboxylic acids is 3. The molecule has 2 heterocycles. The maximum absolute atomic E-state index is 13.5. The number of thiophene rings is 1. The molecule has 2 aromatic heterocycles. The van der Waals surface area contributed by atoms with E-state index in [9.17, 15) is 27.6 Å². The lowest BCUT2D eigenvalue weighted by Crippen LogP contribution is -2.26. The smallest absolute Gasteiger partial charge is 0.436 e. The van der Waals surface area contributed by atoms with Crippen LogP contribution < -0.4 is 5.32 Å². The molecule has 2 aromatic rings. The number of aromatic nitrogens is 2. The molecule has 1 atom stereocenters. The zero-order valence-corrected chi connectivity index (χ0v) is 22.3. The number of nitrogens with zero attached hydrogens (tertiary/aromatic N) is 3. The van der Waals surface area contributed by atoms with E-state index in [0.717, 1.165) is 16.0 Å². The summed E-state index contributed by atoms with van der Waals surface area (Å²) in [6, 6.07) is -1.12. The fraction of sp³-hybridized carbons (Fsp3) is 0.545. The topological polar surface area (TPSA) is 93.5 Å². The lowest BCUT2D eigenvalue weighted by Gasteiger charge is -2.16. The fourth-order valence-corrected chi connectivity index (χ4v) is 5.50. The van der Waals surface area contributed by atoms with Crippen LogP contribution in [0.3, 0.4) is 0 Å². The Balaban J connectivity index is 1.98. The number of ether oxygens (including phenoxy) is 1. The van der Waals surface area contributed by atoms with Gasteiger partial charge in [-0.05, 0) is 54.6 Å². The first kappa shape index (κ1) is 27.2. The van der Waals surface area contributed by atoms with Crippen LogP contribution in [0.2, 0.25) is 0 Å². The third kappa shape index (κ3) is 5.55. The van der Waals surface area contributed by atoms with E-state index in [1.54, 1.807) is 21.0 Å². The first-order valence-electron chi connectivity index (χ1n) is 11.0. The Morgan fingerprint density at radius 1 is 1.31 bits per heavy atom. The Morgan fingerprint density at radius 2 is 1.94 bits per heavy atom. The van der Waals surface area contributed by atoms with Gasteiger partial charge in [0.25, 0.3) is 5.91 Å². The number of esters is 1. The molecule has 192 valence electrons. The number of hydrogen-bond donors (Lipinski definition) is 1. The summed E-state index contributed by atoms with van der Waals surface area (Å²) in [6.07, 6.45) is -2.71. The summed E-state index contributed by atoms with van der Waals surface area (Å²) in [5, 5.41) is 6.44. The van der Waals surface area contributed by atoms with Gasteiger partial charge in [0.15, 0.2) is 5.69 Å². The quantitative estimate of drug-likeness (QED) is 0.424. The molecule has 0 aromatic carbocycles. The molecule has 35 heavy (non-hydrogen) atoms. The fourth-order valence-electron chi connectivity index (χ4n) is 3.48. The van der Waals surface area contributed by atoms with E-state index in [0.29, 0.717) is 30.5 Å². The standard InChI is InChI=1S/C22H26BrF3N4O4S/c1-6-9-34-21(33)13-10(2)16(20(32)29(4)5)35-19(13)27-18(31)11(3)30-15(12-7-8-12)14(23)17(28-30)22(24,25)26/h11-12H,6-9H2,1-5H3,(H,27,31). The first-order valence-corrected chi connectivity index (χ1v) is 12.6. The largest absolute Gasteiger partial charge is 0.462 e. The molecule has 1 aliphatic carbocycles. The van der Waals surface area contributed by atoms with Crippen molar-refractivity contribution in [2.75, 3.05) is 26.0 Å². The van der Waals surface area contributed by atoms with Crippen LogP contribution in [0.1, 0.15) is 82.1 Å². The number of hydrogen-bond acceptors (Lipinski definition) is 6. The second-order valence-corrected chi connectivity index (χ2v) is 10.3. The summed E-state index contributed by atoms with van der Waals surface area (Å²) in [6.45, 7) is 5.00. The minimum atomic E-state index is -4.69. The molecule has 1 N–H and O–H groups in total. The van der Waals surface area contributed by atoms with Crippen LogP contribution in [0.4, 0.5) is 18.2 Å². The molecular formula is C22H26BrF3N4O4S. The second-order valence-electron chi connectivity index (χ2n) is 8.53. The van der Waals surface area contributed by atoms with Crippen molar-refractivity contribution in [3.05, 3.63) is 31.9 Å². The SMILES string of the molecule is CCCOC(=O)c1c(NC(=O)C(C)n2nc(C(F)(F)F)c(Br)c2C2CC2)sc(C(=O)N(C)C)c1C. The highest BCUT2D eigenvalue weighted by atomic mass is 79.9. The summed E-state index contributed by atoms with van der Waals surface area (Å²) in [7, 11) is 3.12. The number of carbonyl (C=O) groups is 3. The molecule has 0 aliphatic heterocycles. The molecule has 13 heteroatoms. The molecule has 1 fully saturated rings. The van der Waals surface area contributed by atoms with Gasteiger partial charge in [-0.3, -0.25) is 14.3 Å². The van der Waals surface area contributed by atoms with Crippen LogP contribution in [0.25, 0.3) is 0 Å². The first-order chi connectivity index (χ1) is 16.3. The summed E-state index contributed by atoms with van der Waals surface area (Å²) in [4.78, 5) is 40.1. The molecule has 3 rings (SSSR count). The Labute approximate surface area is 212 Å². The second kappa shape index (κ2) is 10.3. The Hall–Kier alpha value is -2.41. The van der Waals surface area contributed by atoms with Crippen molar-refractivity contribution in [3.63, 3.8) is 0 Å². The van der Waals surface area contributed by atoms with Crippen LogP contribution >= 0.6 is 27.3 Å². The minimum absolute atomic E-state index is 0.0502. The summed E-state index contributed by atoms with van der Waals surface area (Å²) < 4.78 is 46.6. The van der Waals surface area contributed by atoms with Crippen LogP contribution in [0.15, 0.2) is 4.47 Å². The van der Waals surface area contributed by atoms with Crippen LogP contribution in [-0.4, -0.2) is 53.2 Å². The Kier molecular flexibility index (Phi) is 7.99. The summed E-state index contributed by atoms with van der Waals surface area (Å²) in [5.74, 6) is -1.85. The number of anilines is 1. The molecule has 2 amide bonds. The van der Waals surface area contributed by atoms with Crippen molar-refractivity contribution < 1.29 is 32.3 Å². The van der Waals surface area contributed by atoms with Gasteiger partial charge in [0.1, 0.15) is 11.0 Å². The van der Waals surface area contributed by atoms with Crippen LogP contribution in [0.5, 0.6) is 0 Å². The predicted molar refractivity (Wildman–Crippen MR) is 128 cm³/mol. The Morgan fingerprint density at radius 3 is 2.46 bits per heavy atom. The molecular weight excluding hydrogens is 553 g/mol. The highest BCUT2D eigenvalue weighted by Gasteiger charge is 2.43. The van der Waals surface area contributed by atoms with Gasteiger partial charge < -0.3 is 15.0 Å². The maximum atomic E-state index is 13.5. The van der Waals surface area contributed by atoms with Gasteiger partial charge in [0, 0.05) is 20.0 Å². The van der Waals surface area contributed by atoms with Gasteiger partial charge in [0.2, 0.25) is 5.91 Å². The zero-order valence-electron chi connectivity index (χ0n) is 19.9. The molecule has 1 saturated carbocycles. The molecule has 0 bridgehead atoms. The Bertz CT molecular complexity index is 1150. The van der Waals surface area contributed by atoms with Crippen LogP contribution in [-0.2, 0) is 15.7 Å². The van der Waals surface area contributed by atoms with Crippen molar-refractivity contribution in [2.24, 2.45) is 0 Å². The van der Waals surface area contributed by atoms with Crippen molar-refractivity contribution >= 4 is 50.1 Å². The average Bonchev–Trinajstić information content (AvgIpc) is 3.47. The van der Waals surface area contributed by atoms with E-state index in [4.69, 9.17) is 4.74 Å². The number of alkyl halides is 3. The molecule has 1 aliphatic rings. The van der Waals surface area contributed by atoms with E-state index in [-0.39, 0.29) is 38.3 Å². The van der Waals surface area contributed by atoms with Crippen molar-refractivity contribution in [3.8, 4) is 0 Å². The normalized spacial score (nSPS) is 14.5. The lowest BCUT2D eigenvalue weighted by atomic mass is 10.1. The lowest BCUT2D eigenvalue weighted by molar-refractivity contribution is -0.142. The third-order valence-corrected chi connectivity index (χ3v) is 7.47. The van der Waals surface area contributed by atoms with Crippen molar-refractivity contribution in [1.82, 2.24) is 14.7 Å². The van der Waals surface area contributed by atoms with Crippen molar-refractivity contribution in [1.29, 1.82) is 0 Å². The highest BCUT2D eigenvalue weighted by molar-refractivity contribution is 9.10. The van der Waals surface area contributed by atoms with E-state index in [1.807, 2.05) is 6.92 Å². The predicted octanol–water partition coefficient (Wildman–Crippen LogP) is 5.38. The monoisotopic (exact) mass is 578 g/mol. The van der Waals surface area contributed by atoms with E-state index >= 15 is 0 Å². The van der Waals surface area contributed by atoms with Crippen LogP contribution in [0, 0.1) is 6.92 Å². The molecule has 8 nitrogen and oxygen atoms in total. The van der Waals surface area contributed by atoms with Gasteiger partial charge in [-0.25, -0.2) is 4.79 Å².